The fourth-order valence-electron chi connectivity index (χ4n) is 2.85. The summed E-state index contributed by atoms with van der Waals surface area (Å²) < 4.78 is 5.77. The van der Waals surface area contributed by atoms with E-state index in [4.69, 9.17) is 4.74 Å². The quantitative estimate of drug-likeness (QED) is 0.906. The van der Waals surface area contributed by atoms with Crippen LogP contribution in [0, 0.1) is 19.8 Å². The molecule has 21 heavy (non-hydrogen) atoms. The third-order valence-electron chi connectivity index (χ3n) is 3.98. The Morgan fingerprint density at radius 2 is 2.14 bits per heavy atom. The second-order valence-electron chi connectivity index (χ2n) is 6.24. The second kappa shape index (κ2) is 8.62. The van der Waals surface area contributed by atoms with Crippen molar-refractivity contribution in [3.8, 4) is 5.75 Å². The minimum atomic E-state index is -0.416. The number of likely N-dealkylation sites (tertiary alicyclic amines) is 1. The smallest absolute Gasteiger partial charge is 0.122 e. The molecule has 1 aliphatic rings. The van der Waals surface area contributed by atoms with Crippen LogP contribution in [-0.2, 0) is 0 Å². The standard InChI is InChI=1S/C17H27NO2.ClH/c1-13-6-7-15(3)17(9-13)20-12-16(19)11-18-8-4-5-14(2)10-18;/h6-7,9,14,16,19H,4-5,8,10-12H2,1-3H3;1H. The van der Waals surface area contributed by atoms with E-state index in [-0.39, 0.29) is 12.4 Å². The van der Waals surface area contributed by atoms with Gasteiger partial charge in [-0.3, -0.25) is 0 Å². The Hall–Kier alpha value is -0.770. The molecule has 1 N–H and O–H groups in total. The van der Waals surface area contributed by atoms with E-state index < -0.39 is 6.10 Å². The fourth-order valence-corrected chi connectivity index (χ4v) is 2.85. The molecule has 0 aliphatic carbocycles. The molecule has 0 amide bonds. The number of aliphatic hydroxyl groups excluding tert-OH is 1. The molecule has 0 bridgehead atoms. The fraction of sp³-hybridized carbons (Fsp3) is 0.647. The number of aliphatic hydroxyl groups is 1. The van der Waals surface area contributed by atoms with Gasteiger partial charge in [-0.05, 0) is 56.3 Å². The van der Waals surface area contributed by atoms with Crippen molar-refractivity contribution in [1.29, 1.82) is 0 Å². The van der Waals surface area contributed by atoms with Crippen LogP contribution in [0.2, 0.25) is 0 Å². The van der Waals surface area contributed by atoms with Crippen molar-refractivity contribution in [3.05, 3.63) is 29.3 Å². The first kappa shape index (κ1) is 18.3. The minimum Gasteiger partial charge on any atom is -0.491 e. The molecule has 1 aliphatic heterocycles. The molecule has 2 rings (SSSR count). The lowest BCUT2D eigenvalue weighted by molar-refractivity contribution is 0.0535. The monoisotopic (exact) mass is 313 g/mol. The molecule has 1 fully saturated rings. The van der Waals surface area contributed by atoms with Crippen LogP contribution in [0.5, 0.6) is 5.75 Å². The zero-order chi connectivity index (χ0) is 14.5. The number of hydrogen-bond donors (Lipinski definition) is 1. The predicted octanol–water partition coefficient (Wildman–Crippen LogP) is 3.20. The van der Waals surface area contributed by atoms with Crippen molar-refractivity contribution in [2.45, 2.75) is 39.7 Å². The van der Waals surface area contributed by atoms with Crippen LogP contribution in [0.1, 0.15) is 30.9 Å². The number of hydrogen-bond acceptors (Lipinski definition) is 3. The van der Waals surface area contributed by atoms with Crippen LogP contribution in [0.25, 0.3) is 0 Å². The molecular formula is C17H28ClNO2. The lowest BCUT2D eigenvalue weighted by Gasteiger charge is -2.32. The van der Waals surface area contributed by atoms with Gasteiger partial charge in [-0.1, -0.05) is 19.1 Å². The Morgan fingerprint density at radius 1 is 1.38 bits per heavy atom. The number of piperidine rings is 1. The van der Waals surface area contributed by atoms with E-state index in [9.17, 15) is 5.11 Å². The predicted molar refractivity (Wildman–Crippen MR) is 89.5 cm³/mol. The van der Waals surface area contributed by atoms with E-state index in [1.807, 2.05) is 13.0 Å². The average Bonchev–Trinajstić information content (AvgIpc) is 2.40. The second-order valence-corrected chi connectivity index (χ2v) is 6.24. The molecule has 0 aromatic heterocycles. The van der Waals surface area contributed by atoms with Gasteiger partial charge >= 0.3 is 0 Å². The van der Waals surface area contributed by atoms with Crippen molar-refractivity contribution in [3.63, 3.8) is 0 Å². The number of benzene rings is 1. The largest absolute Gasteiger partial charge is 0.491 e. The molecule has 1 saturated heterocycles. The van der Waals surface area contributed by atoms with Gasteiger partial charge in [0.1, 0.15) is 18.5 Å². The molecule has 1 aromatic rings. The molecule has 0 radical (unpaired) electrons. The Balaban J connectivity index is 0.00000220. The summed E-state index contributed by atoms with van der Waals surface area (Å²) in [7, 11) is 0. The SMILES string of the molecule is Cc1ccc(C)c(OCC(O)CN2CCCC(C)C2)c1.Cl. The summed E-state index contributed by atoms with van der Waals surface area (Å²) >= 11 is 0. The maximum absolute atomic E-state index is 10.1. The topological polar surface area (TPSA) is 32.7 Å². The van der Waals surface area contributed by atoms with Gasteiger partial charge in [-0.25, -0.2) is 0 Å². The molecular weight excluding hydrogens is 286 g/mol. The lowest BCUT2D eigenvalue weighted by Crippen LogP contribution is -2.41. The van der Waals surface area contributed by atoms with Gasteiger partial charge < -0.3 is 14.7 Å². The van der Waals surface area contributed by atoms with Gasteiger partial charge in [0.2, 0.25) is 0 Å². The third kappa shape index (κ3) is 5.85. The third-order valence-corrected chi connectivity index (χ3v) is 3.98. The van der Waals surface area contributed by atoms with Gasteiger partial charge in [0, 0.05) is 13.1 Å². The molecule has 3 nitrogen and oxygen atoms in total. The van der Waals surface area contributed by atoms with Crippen LogP contribution >= 0.6 is 12.4 Å². The van der Waals surface area contributed by atoms with Gasteiger partial charge in [0.05, 0.1) is 0 Å². The molecule has 4 heteroatoms. The summed E-state index contributed by atoms with van der Waals surface area (Å²) in [5.74, 6) is 1.63. The summed E-state index contributed by atoms with van der Waals surface area (Å²) in [5, 5.41) is 10.1. The number of halogens is 1. The van der Waals surface area contributed by atoms with Crippen molar-refractivity contribution in [2.75, 3.05) is 26.2 Å². The zero-order valence-electron chi connectivity index (χ0n) is 13.3. The average molecular weight is 314 g/mol. The summed E-state index contributed by atoms with van der Waals surface area (Å²) in [6, 6.07) is 6.17. The van der Waals surface area contributed by atoms with Crippen LogP contribution in [0.3, 0.4) is 0 Å². The highest BCUT2D eigenvalue weighted by Crippen LogP contribution is 2.20. The lowest BCUT2D eigenvalue weighted by atomic mass is 10.0. The van der Waals surface area contributed by atoms with Crippen LogP contribution < -0.4 is 4.74 Å². The van der Waals surface area contributed by atoms with Gasteiger partial charge in [0.25, 0.3) is 0 Å². The highest BCUT2D eigenvalue weighted by molar-refractivity contribution is 5.85. The first-order chi connectivity index (χ1) is 9.54. The Labute approximate surface area is 134 Å². The van der Waals surface area contributed by atoms with Crippen molar-refractivity contribution in [1.82, 2.24) is 4.90 Å². The van der Waals surface area contributed by atoms with Crippen molar-refractivity contribution in [2.24, 2.45) is 5.92 Å². The molecule has 0 saturated carbocycles. The molecule has 120 valence electrons. The van der Waals surface area contributed by atoms with Gasteiger partial charge in [0.15, 0.2) is 0 Å². The number of nitrogens with zero attached hydrogens (tertiary/aromatic N) is 1. The zero-order valence-corrected chi connectivity index (χ0v) is 14.2. The van der Waals surface area contributed by atoms with E-state index in [1.165, 1.54) is 18.4 Å². The van der Waals surface area contributed by atoms with E-state index in [1.54, 1.807) is 0 Å². The highest BCUT2D eigenvalue weighted by atomic mass is 35.5. The number of aryl methyl sites for hydroxylation is 2. The minimum absolute atomic E-state index is 0. The number of β-amino-alcohol motifs (C(OH)–C–C–N with tert-alkyl or cyclic N) is 1. The summed E-state index contributed by atoms with van der Waals surface area (Å²) in [5.41, 5.74) is 2.30. The van der Waals surface area contributed by atoms with Crippen LogP contribution in [0.4, 0.5) is 0 Å². The van der Waals surface area contributed by atoms with E-state index in [0.29, 0.717) is 6.61 Å². The Morgan fingerprint density at radius 3 is 2.86 bits per heavy atom. The number of rotatable bonds is 5. The Kier molecular flexibility index (Phi) is 7.50. The summed E-state index contributed by atoms with van der Waals surface area (Å²) in [4.78, 5) is 2.35. The maximum atomic E-state index is 10.1. The van der Waals surface area contributed by atoms with E-state index in [2.05, 4.69) is 30.9 Å². The van der Waals surface area contributed by atoms with E-state index >= 15 is 0 Å². The van der Waals surface area contributed by atoms with Gasteiger partial charge in [-0.2, -0.15) is 0 Å². The summed E-state index contributed by atoms with van der Waals surface area (Å²) in [6.07, 6.45) is 2.14. The normalized spacial score (nSPS) is 20.7. The first-order valence-corrected chi connectivity index (χ1v) is 7.65. The molecule has 1 aromatic carbocycles. The highest BCUT2D eigenvalue weighted by Gasteiger charge is 2.19. The molecule has 0 spiro atoms. The van der Waals surface area contributed by atoms with Crippen LogP contribution in [-0.4, -0.2) is 42.4 Å². The van der Waals surface area contributed by atoms with Gasteiger partial charge in [-0.15, -0.1) is 12.4 Å². The van der Waals surface area contributed by atoms with Crippen LogP contribution in [0.15, 0.2) is 18.2 Å². The Bertz CT molecular complexity index is 439. The summed E-state index contributed by atoms with van der Waals surface area (Å²) in [6.45, 7) is 9.66. The molecule has 1 heterocycles. The molecule has 2 unspecified atom stereocenters. The number of ether oxygens (including phenoxy) is 1. The first-order valence-electron chi connectivity index (χ1n) is 7.65. The molecule has 2 atom stereocenters. The van der Waals surface area contributed by atoms with Crippen molar-refractivity contribution >= 4 is 12.4 Å². The maximum Gasteiger partial charge on any atom is 0.122 e. The van der Waals surface area contributed by atoms with E-state index in [0.717, 1.165) is 36.9 Å². The van der Waals surface area contributed by atoms with Crippen molar-refractivity contribution < 1.29 is 9.84 Å².